The Bertz CT molecular complexity index is 650. The van der Waals surface area contributed by atoms with E-state index < -0.39 is 18.2 Å². The molecule has 0 rings (SSSR count). The Morgan fingerprint density at radius 1 is 0.568 bits per heavy atom. The summed E-state index contributed by atoms with van der Waals surface area (Å²) >= 11 is 0. The minimum absolute atomic E-state index is 0.00896. The summed E-state index contributed by atoms with van der Waals surface area (Å²) in [6, 6.07) is -0.755. The second-order valence-corrected chi connectivity index (χ2v) is 13.2. The maximum atomic E-state index is 12.4. The smallest absolute Gasteiger partial charge is 0.222 e. The monoisotopic (exact) mass is 622 g/mol. The van der Waals surface area contributed by atoms with Crippen LogP contribution in [0.4, 0.5) is 0 Å². The van der Waals surface area contributed by atoms with E-state index in [9.17, 15) is 20.1 Å². The molecule has 44 heavy (non-hydrogen) atoms. The summed E-state index contributed by atoms with van der Waals surface area (Å²) in [7, 11) is 0. The van der Waals surface area contributed by atoms with Crippen LogP contribution in [-0.2, 0) is 4.79 Å². The number of carbonyl (C=O) groups excluding carboxylic acids is 1. The molecule has 0 aromatic heterocycles. The Kier molecular flexibility index (Phi) is 33.8. The van der Waals surface area contributed by atoms with Gasteiger partial charge in [-0.3, -0.25) is 4.79 Å². The Hall–Kier alpha value is -1.17. The molecule has 5 nitrogen and oxygen atoms in total. The molecule has 5 heteroatoms. The van der Waals surface area contributed by atoms with Crippen LogP contribution in [0.3, 0.4) is 0 Å². The largest absolute Gasteiger partial charge is 0.394 e. The number of hydrogen-bond acceptors (Lipinski definition) is 4. The number of allylic oxidation sites excluding steroid dienone is 3. The molecular weight excluding hydrogens is 546 g/mol. The van der Waals surface area contributed by atoms with Gasteiger partial charge in [0.1, 0.15) is 0 Å². The van der Waals surface area contributed by atoms with Crippen LogP contribution < -0.4 is 5.32 Å². The first-order chi connectivity index (χ1) is 21.5. The number of amides is 1. The minimum atomic E-state index is -0.947. The standard InChI is InChI=1S/C39H75NO4/c1-3-5-7-9-11-13-15-17-18-19-21-23-25-27-29-31-33-38(43)37(35-41)40-39(44)34-36(42)32-30-28-26-24-22-20-16-14-12-10-8-6-4-2/h23,25,31,33,36-38,41-43H,3-22,24,26-30,32,34-35H2,1-2H3,(H,40,44)/b25-23+,33-31+. The molecule has 0 saturated heterocycles. The van der Waals surface area contributed by atoms with E-state index in [1.807, 2.05) is 6.08 Å². The highest BCUT2D eigenvalue weighted by Gasteiger charge is 2.20. The number of rotatable bonds is 34. The fourth-order valence-electron chi connectivity index (χ4n) is 5.77. The summed E-state index contributed by atoms with van der Waals surface area (Å²) in [5.41, 5.74) is 0. The maximum absolute atomic E-state index is 12.4. The van der Waals surface area contributed by atoms with Gasteiger partial charge < -0.3 is 20.6 Å². The summed E-state index contributed by atoms with van der Waals surface area (Å²) in [6.07, 6.45) is 40.2. The van der Waals surface area contributed by atoms with Crippen molar-refractivity contribution in [3.63, 3.8) is 0 Å². The zero-order chi connectivity index (χ0) is 32.4. The lowest BCUT2D eigenvalue weighted by Crippen LogP contribution is -2.45. The van der Waals surface area contributed by atoms with Gasteiger partial charge in [0.05, 0.1) is 31.3 Å². The lowest BCUT2D eigenvalue weighted by molar-refractivity contribution is -0.124. The number of unbranched alkanes of at least 4 members (excludes halogenated alkanes) is 23. The predicted molar refractivity (Wildman–Crippen MR) is 190 cm³/mol. The van der Waals surface area contributed by atoms with Crippen LogP contribution in [0.15, 0.2) is 24.3 Å². The summed E-state index contributed by atoms with van der Waals surface area (Å²) in [4.78, 5) is 12.4. The molecule has 0 aliphatic rings. The normalized spacial score (nSPS) is 14.0. The van der Waals surface area contributed by atoms with Crippen LogP contribution in [0.25, 0.3) is 0 Å². The van der Waals surface area contributed by atoms with Crippen molar-refractivity contribution in [3.8, 4) is 0 Å². The van der Waals surface area contributed by atoms with Crippen molar-refractivity contribution in [2.75, 3.05) is 6.61 Å². The van der Waals surface area contributed by atoms with Crippen LogP contribution in [-0.4, -0.2) is 46.1 Å². The van der Waals surface area contributed by atoms with Crippen LogP contribution in [0.5, 0.6) is 0 Å². The molecule has 3 atom stereocenters. The molecular formula is C39H75NO4. The van der Waals surface area contributed by atoms with E-state index in [0.29, 0.717) is 6.42 Å². The third-order valence-electron chi connectivity index (χ3n) is 8.74. The predicted octanol–water partition coefficient (Wildman–Crippen LogP) is 10.3. The lowest BCUT2D eigenvalue weighted by Gasteiger charge is -2.21. The van der Waals surface area contributed by atoms with Gasteiger partial charge in [-0.2, -0.15) is 0 Å². The average Bonchev–Trinajstić information content (AvgIpc) is 3.01. The Morgan fingerprint density at radius 2 is 0.977 bits per heavy atom. The fourth-order valence-corrected chi connectivity index (χ4v) is 5.77. The van der Waals surface area contributed by atoms with Crippen molar-refractivity contribution in [3.05, 3.63) is 24.3 Å². The number of carbonyl (C=O) groups is 1. The maximum Gasteiger partial charge on any atom is 0.222 e. The van der Waals surface area contributed by atoms with Crippen molar-refractivity contribution >= 4 is 5.91 Å². The fraction of sp³-hybridized carbons (Fsp3) is 0.872. The van der Waals surface area contributed by atoms with E-state index in [1.54, 1.807) is 6.08 Å². The van der Waals surface area contributed by atoms with E-state index in [0.717, 1.165) is 32.1 Å². The zero-order valence-corrected chi connectivity index (χ0v) is 29.3. The van der Waals surface area contributed by atoms with Gasteiger partial charge in [-0.25, -0.2) is 0 Å². The van der Waals surface area contributed by atoms with Crippen LogP contribution in [0.1, 0.15) is 194 Å². The Morgan fingerprint density at radius 3 is 1.45 bits per heavy atom. The molecule has 4 N–H and O–H groups in total. The second kappa shape index (κ2) is 34.7. The molecule has 0 aromatic rings. The molecule has 0 aromatic carbocycles. The highest BCUT2D eigenvalue weighted by Crippen LogP contribution is 2.15. The Labute approximate surface area is 273 Å². The van der Waals surface area contributed by atoms with Gasteiger partial charge in [0.25, 0.3) is 0 Å². The number of nitrogens with one attached hydrogen (secondary N) is 1. The van der Waals surface area contributed by atoms with E-state index in [1.165, 1.54) is 135 Å². The molecule has 0 spiro atoms. The van der Waals surface area contributed by atoms with Crippen molar-refractivity contribution in [1.29, 1.82) is 0 Å². The molecule has 0 aliphatic heterocycles. The first kappa shape index (κ1) is 42.8. The van der Waals surface area contributed by atoms with E-state index in [4.69, 9.17) is 0 Å². The molecule has 0 bridgehead atoms. The summed E-state index contributed by atoms with van der Waals surface area (Å²) in [5.74, 6) is -0.325. The number of aliphatic hydroxyl groups is 3. The second-order valence-electron chi connectivity index (χ2n) is 13.2. The molecule has 0 radical (unpaired) electrons. The highest BCUT2D eigenvalue weighted by molar-refractivity contribution is 5.76. The molecule has 0 aliphatic carbocycles. The van der Waals surface area contributed by atoms with Crippen molar-refractivity contribution in [2.24, 2.45) is 0 Å². The van der Waals surface area contributed by atoms with Gasteiger partial charge >= 0.3 is 0 Å². The van der Waals surface area contributed by atoms with Gasteiger partial charge in [-0.1, -0.05) is 179 Å². The van der Waals surface area contributed by atoms with E-state index in [2.05, 4.69) is 31.3 Å². The average molecular weight is 622 g/mol. The molecule has 1 amide bonds. The first-order valence-electron chi connectivity index (χ1n) is 19.1. The molecule has 0 saturated carbocycles. The summed E-state index contributed by atoms with van der Waals surface area (Å²) in [6.45, 7) is 4.19. The van der Waals surface area contributed by atoms with Gasteiger partial charge in [0, 0.05) is 0 Å². The topological polar surface area (TPSA) is 89.8 Å². The highest BCUT2D eigenvalue weighted by atomic mass is 16.3. The SMILES string of the molecule is CCCCCCCCCCCC/C=C/CC/C=C/C(O)C(CO)NC(=O)CC(O)CCCCCCCCCCCCCCC. The third kappa shape index (κ3) is 30.8. The summed E-state index contributed by atoms with van der Waals surface area (Å²) in [5, 5.41) is 33.0. The number of hydrogen-bond donors (Lipinski definition) is 4. The van der Waals surface area contributed by atoms with Gasteiger partial charge in [-0.05, 0) is 32.1 Å². The Balaban J connectivity index is 3.77. The molecule has 260 valence electrons. The third-order valence-corrected chi connectivity index (χ3v) is 8.74. The van der Waals surface area contributed by atoms with E-state index >= 15 is 0 Å². The number of aliphatic hydroxyl groups excluding tert-OH is 3. The van der Waals surface area contributed by atoms with E-state index in [-0.39, 0.29) is 18.9 Å². The van der Waals surface area contributed by atoms with Crippen LogP contribution in [0, 0.1) is 0 Å². The summed E-state index contributed by atoms with van der Waals surface area (Å²) < 4.78 is 0. The zero-order valence-electron chi connectivity index (χ0n) is 29.3. The van der Waals surface area contributed by atoms with Crippen molar-refractivity contribution in [1.82, 2.24) is 5.32 Å². The van der Waals surface area contributed by atoms with Crippen molar-refractivity contribution in [2.45, 2.75) is 212 Å². The lowest BCUT2D eigenvalue weighted by atomic mass is 10.0. The minimum Gasteiger partial charge on any atom is -0.394 e. The first-order valence-corrected chi connectivity index (χ1v) is 19.1. The van der Waals surface area contributed by atoms with Crippen molar-refractivity contribution < 1.29 is 20.1 Å². The van der Waals surface area contributed by atoms with Gasteiger partial charge in [0.2, 0.25) is 5.91 Å². The molecule has 0 fully saturated rings. The quantitative estimate of drug-likeness (QED) is 0.0425. The van der Waals surface area contributed by atoms with Gasteiger partial charge in [-0.15, -0.1) is 0 Å². The van der Waals surface area contributed by atoms with Crippen LogP contribution >= 0.6 is 0 Å². The van der Waals surface area contributed by atoms with Crippen LogP contribution in [0.2, 0.25) is 0 Å². The molecule has 3 unspecified atom stereocenters. The van der Waals surface area contributed by atoms with Gasteiger partial charge in [0.15, 0.2) is 0 Å². The molecule has 0 heterocycles.